The summed E-state index contributed by atoms with van der Waals surface area (Å²) < 4.78 is 11.2. The summed E-state index contributed by atoms with van der Waals surface area (Å²) in [4.78, 5) is 0. The van der Waals surface area contributed by atoms with E-state index in [1.165, 1.54) is 32.1 Å². The molecule has 1 unspecified atom stereocenters. The number of rotatable bonds is 7. The van der Waals surface area contributed by atoms with Crippen LogP contribution in [0.2, 0.25) is 0 Å². The van der Waals surface area contributed by atoms with Crippen LogP contribution < -0.4 is 5.32 Å². The Balaban J connectivity index is 2.16. The van der Waals surface area contributed by atoms with Crippen LogP contribution in [0, 0.1) is 5.41 Å². The Morgan fingerprint density at radius 3 is 2.70 bits per heavy atom. The fourth-order valence-electron chi connectivity index (χ4n) is 3.40. The van der Waals surface area contributed by atoms with Crippen molar-refractivity contribution in [1.29, 1.82) is 0 Å². The van der Waals surface area contributed by atoms with Gasteiger partial charge in [-0.3, -0.25) is 0 Å². The Kier molecular flexibility index (Phi) is 5.67. The SMILES string of the molecule is CCCNC(c1ccc(COC)o1)C1(C)CCCCC1. The molecule has 1 aromatic rings. The van der Waals surface area contributed by atoms with E-state index in [-0.39, 0.29) is 0 Å². The van der Waals surface area contributed by atoms with E-state index in [1.54, 1.807) is 7.11 Å². The summed E-state index contributed by atoms with van der Waals surface area (Å²) in [5, 5.41) is 3.72. The molecule has 0 aromatic carbocycles. The zero-order valence-electron chi connectivity index (χ0n) is 13.2. The standard InChI is InChI=1S/C17H29NO2/c1-4-12-18-16(17(2)10-6-5-7-11-17)15-9-8-14(20-15)13-19-3/h8-9,16,18H,4-7,10-13H2,1-3H3. The van der Waals surface area contributed by atoms with E-state index in [9.17, 15) is 0 Å². The van der Waals surface area contributed by atoms with Gasteiger partial charge in [-0.05, 0) is 43.4 Å². The molecule has 1 aromatic heterocycles. The number of hydrogen-bond acceptors (Lipinski definition) is 3. The summed E-state index contributed by atoms with van der Waals surface area (Å²) in [6.07, 6.45) is 7.78. The molecule has 1 N–H and O–H groups in total. The third-order valence-electron chi connectivity index (χ3n) is 4.54. The van der Waals surface area contributed by atoms with Crippen LogP contribution in [-0.2, 0) is 11.3 Å². The Morgan fingerprint density at radius 1 is 1.30 bits per heavy atom. The third-order valence-corrected chi connectivity index (χ3v) is 4.54. The molecule has 1 heterocycles. The number of hydrogen-bond donors (Lipinski definition) is 1. The minimum atomic E-state index is 0.315. The zero-order chi connectivity index (χ0) is 14.4. The second-order valence-electron chi connectivity index (χ2n) is 6.34. The second-order valence-corrected chi connectivity index (χ2v) is 6.34. The summed E-state index contributed by atoms with van der Waals surface area (Å²) in [5.74, 6) is 2.00. The van der Waals surface area contributed by atoms with Gasteiger partial charge >= 0.3 is 0 Å². The van der Waals surface area contributed by atoms with E-state index in [1.807, 2.05) is 6.07 Å². The molecule has 1 saturated carbocycles. The van der Waals surface area contributed by atoms with Gasteiger partial charge in [0.15, 0.2) is 0 Å². The molecule has 3 nitrogen and oxygen atoms in total. The summed E-state index contributed by atoms with van der Waals surface area (Å²) in [7, 11) is 1.71. The quantitative estimate of drug-likeness (QED) is 0.801. The minimum absolute atomic E-state index is 0.315. The summed E-state index contributed by atoms with van der Waals surface area (Å²) >= 11 is 0. The molecule has 2 rings (SSSR count). The van der Waals surface area contributed by atoms with Crippen molar-refractivity contribution in [3.05, 3.63) is 23.7 Å². The van der Waals surface area contributed by atoms with Crippen LogP contribution in [0.3, 0.4) is 0 Å². The lowest BCUT2D eigenvalue weighted by Gasteiger charge is -2.40. The van der Waals surface area contributed by atoms with Crippen LogP contribution in [0.5, 0.6) is 0 Å². The van der Waals surface area contributed by atoms with Gasteiger partial charge in [0, 0.05) is 7.11 Å². The maximum atomic E-state index is 6.01. The van der Waals surface area contributed by atoms with Gasteiger partial charge < -0.3 is 14.5 Å². The van der Waals surface area contributed by atoms with Crippen molar-refractivity contribution in [2.24, 2.45) is 5.41 Å². The molecule has 1 aliphatic carbocycles. The van der Waals surface area contributed by atoms with E-state index < -0.39 is 0 Å². The van der Waals surface area contributed by atoms with Gasteiger partial charge in [0.2, 0.25) is 0 Å². The van der Waals surface area contributed by atoms with E-state index in [0.29, 0.717) is 18.1 Å². The maximum Gasteiger partial charge on any atom is 0.129 e. The van der Waals surface area contributed by atoms with Crippen molar-refractivity contribution < 1.29 is 9.15 Å². The van der Waals surface area contributed by atoms with E-state index in [2.05, 4.69) is 25.2 Å². The monoisotopic (exact) mass is 279 g/mol. The fraction of sp³-hybridized carbons (Fsp3) is 0.765. The molecule has 114 valence electrons. The van der Waals surface area contributed by atoms with Gasteiger partial charge in [0.25, 0.3) is 0 Å². The Hall–Kier alpha value is -0.800. The van der Waals surface area contributed by atoms with Crippen molar-refractivity contribution >= 4 is 0 Å². The largest absolute Gasteiger partial charge is 0.462 e. The van der Waals surface area contributed by atoms with Crippen molar-refractivity contribution in [3.63, 3.8) is 0 Å². The molecule has 0 amide bonds. The van der Waals surface area contributed by atoms with E-state index in [0.717, 1.165) is 24.5 Å². The minimum Gasteiger partial charge on any atom is -0.462 e. The molecular weight excluding hydrogens is 250 g/mol. The first-order chi connectivity index (χ1) is 9.69. The summed E-state index contributed by atoms with van der Waals surface area (Å²) in [6.45, 7) is 6.22. The van der Waals surface area contributed by atoms with Crippen LogP contribution >= 0.6 is 0 Å². The number of methoxy groups -OCH3 is 1. The highest BCUT2D eigenvalue weighted by atomic mass is 16.5. The van der Waals surface area contributed by atoms with Crippen molar-refractivity contribution in [1.82, 2.24) is 5.32 Å². The predicted octanol–water partition coefficient (Wildman–Crippen LogP) is 4.44. The maximum absolute atomic E-state index is 6.01. The van der Waals surface area contributed by atoms with Gasteiger partial charge in [0.05, 0.1) is 6.04 Å². The first kappa shape index (κ1) is 15.6. The van der Waals surface area contributed by atoms with Gasteiger partial charge in [-0.1, -0.05) is 33.1 Å². The fourth-order valence-corrected chi connectivity index (χ4v) is 3.40. The predicted molar refractivity (Wildman–Crippen MR) is 81.6 cm³/mol. The van der Waals surface area contributed by atoms with Crippen LogP contribution in [0.25, 0.3) is 0 Å². The number of ether oxygens (including phenoxy) is 1. The summed E-state index contributed by atoms with van der Waals surface area (Å²) in [5.41, 5.74) is 0.315. The van der Waals surface area contributed by atoms with Crippen molar-refractivity contribution in [2.45, 2.75) is 65.0 Å². The van der Waals surface area contributed by atoms with Crippen LogP contribution in [-0.4, -0.2) is 13.7 Å². The average molecular weight is 279 g/mol. The molecule has 20 heavy (non-hydrogen) atoms. The number of nitrogens with one attached hydrogen (secondary N) is 1. The molecule has 0 bridgehead atoms. The molecule has 1 aliphatic rings. The molecular formula is C17H29NO2. The van der Waals surface area contributed by atoms with E-state index >= 15 is 0 Å². The highest BCUT2D eigenvalue weighted by Crippen LogP contribution is 2.46. The van der Waals surface area contributed by atoms with Gasteiger partial charge in [-0.2, -0.15) is 0 Å². The second kappa shape index (κ2) is 7.28. The average Bonchev–Trinajstić information content (AvgIpc) is 2.89. The molecule has 0 aliphatic heterocycles. The topological polar surface area (TPSA) is 34.4 Å². The van der Waals surface area contributed by atoms with Crippen LogP contribution in [0.15, 0.2) is 16.5 Å². The van der Waals surface area contributed by atoms with Gasteiger partial charge in [-0.15, -0.1) is 0 Å². The first-order valence-electron chi connectivity index (χ1n) is 8.00. The van der Waals surface area contributed by atoms with Crippen molar-refractivity contribution in [3.8, 4) is 0 Å². The molecule has 0 spiro atoms. The van der Waals surface area contributed by atoms with Crippen LogP contribution in [0.4, 0.5) is 0 Å². The highest BCUT2D eigenvalue weighted by molar-refractivity contribution is 5.14. The molecule has 0 radical (unpaired) electrons. The summed E-state index contributed by atoms with van der Waals surface area (Å²) in [6, 6.07) is 4.50. The Bertz CT molecular complexity index is 393. The molecule has 3 heteroatoms. The zero-order valence-corrected chi connectivity index (χ0v) is 13.2. The molecule has 1 fully saturated rings. The lowest BCUT2D eigenvalue weighted by Crippen LogP contribution is -2.38. The smallest absolute Gasteiger partial charge is 0.129 e. The van der Waals surface area contributed by atoms with Gasteiger partial charge in [0.1, 0.15) is 18.1 Å². The Labute approximate surface area is 123 Å². The third kappa shape index (κ3) is 3.64. The molecule has 1 atom stereocenters. The lowest BCUT2D eigenvalue weighted by molar-refractivity contribution is 0.120. The first-order valence-corrected chi connectivity index (χ1v) is 8.00. The lowest BCUT2D eigenvalue weighted by atomic mass is 9.70. The van der Waals surface area contributed by atoms with Crippen LogP contribution in [0.1, 0.15) is 69.9 Å². The van der Waals surface area contributed by atoms with Gasteiger partial charge in [-0.25, -0.2) is 0 Å². The van der Waals surface area contributed by atoms with Crippen molar-refractivity contribution in [2.75, 3.05) is 13.7 Å². The highest BCUT2D eigenvalue weighted by Gasteiger charge is 2.37. The normalized spacial score (nSPS) is 19.9. The number of furan rings is 1. The molecule has 0 saturated heterocycles. The Morgan fingerprint density at radius 2 is 2.05 bits per heavy atom. The van der Waals surface area contributed by atoms with E-state index in [4.69, 9.17) is 9.15 Å².